The van der Waals surface area contributed by atoms with Gasteiger partial charge < -0.3 is 0 Å². The van der Waals surface area contributed by atoms with Crippen LogP contribution in [0.2, 0.25) is 5.15 Å². The summed E-state index contributed by atoms with van der Waals surface area (Å²) in [4.78, 5) is 7.53. The zero-order chi connectivity index (χ0) is 12.2. The van der Waals surface area contributed by atoms with Crippen molar-refractivity contribution < 1.29 is 8.42 Å². The lowest BCUT2D eigenvalue weighted by atomic mass is 10.7. The van der Waals surface area contributed by atoms with E-state index in [0.717, 1.165) is 0 Å². The first kappa shape index (κ1) is 13.1. The summed E-state index contributed by atoms with van der Waals surface area (Å²) in [5, 5.41) is 0.214. The second-order valence-electron chi connectivity index (χ2n) is 2.92. The molecule has 1 aromatic rings. The second-order valence-corrected chi connectivity index (χ2v) is 4.97. The van der Waals surface area contributed by atoms with Crippen molar-refractivity contribution in [1.29, 1.82) is 0 Å². The molecule has 0 aliphatic carbocycles. The van der Waals surface area contributed by atoms with E-state index in [9.17, 15) is 8.42 Å². The van der Waals surface area contributed by atoms with Crippen LogP contribution in [-0.4, -0.2) is 35.8 Å². The minimum absolute atomic E-state index is 0.149. The van der Waals surface area contributed by atoms with Gasteiger partial charge in [0.05, 0.1) is 12.4 Å². The van der Waals surface area contributed by atoms with Crippen molar-refractivity contribution in [2.24, 2.45) is 0 Å². The number of nitrogens with zero attached hydrogens (tertiary/aromatic N) is 3. The standard InChI is InChI=1S/C8H13ClN4O2S/c1-3-13(4-2)16(14,15)12-8-6-10-7(9)5-11-8/h5-6H,3-4H2,1-2H3,(H,11,12). The lowest BCUT2D eigenvalue weighted by Gasteiger charge is -2.18. The summed E-state index contributed by atoms with van der Waals surface area (Å²) in [6, 6.07) is 0. The Bertz CT molecular complexity index is 430. The monoisotopic (exact) mass is 264 g/mol. The average Bonchev–Trinajstić information content (AvgIpc) is 2.22. The molecule has 90 valence electrons. The Morgan fingerprint density at radius 3 is 2.38 bits per heavy atom. The summed E-state index contributed by atoms with van der Waals surface area (Å²) in [7, 11) is -3.55. The van der Waals surface area contributed by atoms with E-state index in [0.29, 0.717) is 13.1 Å². The van der Waals surface area contributed by atoms with Crippen LogP contribution in [0, 0.1) is 0 Å². The Balaban J connectivity index is 2.84. The lowest BCUT2D eigenvalue weighted by Crippen LogP contribution is -2.35. The second kappa shape index (κ2) is 5.42. The summed E-state index contributed by atoms with van der Waals surface area (Å²) >= 11 is 5.54. The van der Waals surface area contributed by atoms with Gasteiger partial charge in [0.1, 0.15) is 5.15 Å². The Morgan fingerprint density at radius 2 is 1.94 bits per heavy atom. The fourth-order valence-corrected chi connectivity index (χ4v) is 2.40. The highest BCUT2D eigenvalue weighted by molar-refractivity contribution is 7.90. The lowest BCUT2D eigenvalue weighted by molar-refractivity contribution is 0.449. The fraction of sp³-hybridized carbons (Fsp3) is 0.500. The smallest absolute Gasteiger partial charge is 0.253 e. The van der Waals surface area contributed by atoms with Gasteiger partial charge in [-0.15, -0.1) is 0 Å². The highest BCUT2D eigenvalue weighted by Gasteiger charge is 2.18. The van der Waals surface area contributed by atoms with Gasteiger partial charge in [0.2, 0.25) is 0 Å². The van der Waals surface area contributed by atoms with E-state index in [-0.39, 0.29) is 11.0 Å². The van der Waals surface area contributed by atoms with E-state index < -0.39 is 10.2 Å². The molecule has 16 heavy (non-hydrogen) atoms. The number of nitrogens with one attached hydrogen (secondary N) is 1. The highest BCUT2D eigenvalue weighted by Crippen LogP contribution is 2.09. The van der Waals surface area contributed by atoms with E-state index in [1.165, 1.54) is 16.7 Å². The zero-order valence-corrected chi connectivity index (χ0v) is 10.6. The third-order valence-corrected chi connectivity index (χ3v) is 3.76. The van der Waals surface area contributed by atoms with Crippen molar-refractivity contribution in [1.82, 2.24) is 14.3 Å². The van der Waals surface area contributed by atoms with Gasteiger partial charge in [-0.1, -0.05) is 25.4 Å². The van der Waals surface area contributed by atoms with Gasteiger partial charge in [0, 0.05) is 13.1 Å². The van der Waals surface area contributed by atoms with Gasteiger partial charge >= 0.3 is 10.2 Å². The van der Waals surface area contributed by atoms with Crippen LogP contribution in [-0.2, 0) is 10.2 Å². The molecule has 0 radical (unpaired) electrons. The molecule has 0 aromatic carbocycles. The molecule has 0 spiro atoms. The SMILES string of the molecule is CCN(CC)S(=O)(=O)Nc1cnc(Cl)cn1. The third-order valence-electron chi connectivity index (χ3n) is 1.90. The molecule has 1 aromatic heterocycles. The van der Waals surface area contributed by atoms with Crippen molar-refractivity contribution in [3.05, 3.63) is 17.5 Å². The van der Waals surface area contributed by atoms with Crippen molar-refractivity contribution in [2.45, 2.75) is 13.8 Å². The molecule has 0 saturated carbocycles. The maximum Gasteiger partial charge on any atom is 0.302 e. The van der Waals surface area contributed by atoms with E-state index in [4.69, 9.17) is 11.6 Å². The predicted octanol–water partition coefficient (Wildman–Crippen LogP) is 1.13. The number of rotatable bonds is 5. The van der Waals surface area contributed by atoms with E-state index in [1.807, 2.05) is 0 Å². The van der Waals surface area contributed by atoms with Crippen molar-refractivity contribution >= 4 is 27.6 Å². The van der Waals surface area contributed by atoms with Crippen molar-refractivity contribution in [3.8, 4) is 0 Å². The summed E-state index contributed by atoms with van der Waals surface area (Å²) in [5.41, 5.74) is 0. The number of halogens is 1. The molecule has 0 aliphatic heterocycles. The van der Waals surface area contributed by atoms with Gasteiger partial charge in [-0.2, -0.15) is 12.7 Å². The highest BCUT2D eigenvalue weighted by atomic mass is 35.5. The van der Waals surface area contributed by atoms with Gasteiger partial charge in [0.15, 0.2) is 5.82 Å². The van der Waals surface area contributed by atoms with Crippen LogP contribution in [0.1, 0.15) is 13.8 Å². The van der Waals surface area contributed by atoms with Crippen LogP contribution in [0.15, 0.2) is 12.4 Å². The van der Waals surface area contributed by atoms with Crippen LogP contribution < -0.4 is 4.72 Å². The number of aromatic nitrogens is 2. The first-order chi connectivity index (χ1) is 7.49. The minimum Gasteiger partial charge on any atom is -0.253 e. The molecule has 0 aliphatic rings. The van der Waals surface area contributed by atoms with Crippen LogP contribution >= 0.6 is 11.6 Å². The fourth-order valence-electron chi connectivity index (χ4n) is 1.13. The van der Waals surface area contributed by atoms with Crippen LogP contribution in [0.5, 0.6) is 0 Å². The first-order valence-corrected chi connectivity index (χ1v) is 6.56. The average molecular weight is 265 g/mol. The quantitative estimate of drug-likeness (QED) is 0.865. The molecule has 1 N–H and O–H groups in total. The largest absolute Gasteiger partial charge is 0.302 e. The van der Waals surface area contributed by atoms with E-state index >= 15 is 0 Å². The molecule has 0 saturated heterocycles. The summed E-state index contributed by atoms with van der Waals surface area (Å²) in [6.45, 7) is 4.31. The number of hydrogen-bond donors (Lipinski definition) is 1. The molecule has 8 heteroatoms. The molecule has 0 amide bonds. The van der Waals surface area contributed by atoms with Gasteiger partial charge in [-0.25, -0.2) is 9.97 Å². The Labute approximate surface area is 99.8 Å². The van der Waals surface area contributed by atoms with Gasteiger partial charge in [-0.3, -0.25) is 4.72 Å². The number of anilines is 1. The summed E-state index contributed by atoms with van der Waals surface area (Å²) < 4.78 is 27.1. The van der Waals surface area contributed by atoms with E-state index in [2.05, 4.69) is 14.7 Å². The molecule has 0 unspecified atom stereocenters. The van der Waals surface area contributed by atoms with Crippen molar-refractivity contribution in [2.75, 3.05) is 17.8 Å². The molecule has 0 bridgehead atoms. The van der Waals surface area contributed by atoms with Crippen LogP contribution in [0.4, 0.5) is 5.82 Å². The Hall–Kier alpha value is -0.920. The molecular formula is C8H13ClN4O2S. The zero-order valence-electron chi connectivity index (χ0n) is 9.01. The molecule has 1 rings (SSSR count). The van der Waals surface area contributed by atoms with Crippen molar-refractivity contribution in [3.63, 3.8) is 0 Å². The maximum absolute atomic E-state index is 11.8. The maximum atomic E-state index is 11.8. The Morgan fingerprint density at radius 1 is 1.31 bits per heavy atom. The van der Waals surface area contributed by atoms with Crippen LogP contribution in [0.25, 0.3) is 0 Å². The molecular weight excluding hydrogens is 252 g/mol. The molecule has 0 atom stereocenters. The number of hydrogen-bond acceptors (Lipinski definition) is 4. The van der Waals surface area contributed by atoms with Gasteiger partial charge in [-0.05, 0) is 0 Å². The Kier molecular flexibility index (Phi) is 4.45. The summed E-state index contributed by atoms with van der Waals surface area (Å²) in [5.74, 6) is 0.149. The van der Waals surface area contributed by atoms with Gasteiger partial charge in [0.25, 0.3) is 0 Å². The first-order valence-electron chi connectivity index (χ1n) is 4.75. The third kappa shape index (κ3) is 3.29. The van der Waals surface area contributed by atoms with E-state index in [1.54, 1.807) is 13.8 Å². The minimum atomic E-state index is -3.55. The molecule has 6 nitrogen and oxygen atoms in total. The normalized spacial score (nSPS) is 11.8. The molecule has 1 heterocycles. The summed E-state index contributed by atoms with van der Waals surface area (Å²) in [6.07, 6.45) is 2.55. The predicted molar refractivity (Wildman–Crippen MR) is 62.5 cm³/mol. The van der Waals surface area contributed by atoms with Crippen LogP contribution in [0.3, 0.4) is 0 Å². The molecule has 0 fully saturated rings. The topological polar surface area (TPSA) is 75.2 Å².